The molecule has 1 aliphatic rings. The van der Waals surface area contributed by atoms with E-state index < -0.39 is 6.04 Å². The number of carbonyl (C=O) groups excluding carboxylic acids is 1. The van der Waals surface area contributed by atoms with Gasteiger partial charge in [0.15, 0.2) is 16.3 Å². The van der Waals surface area contributed by atoms with Crippen LogP contribution in [-0.2, 0) is 4.79 Å². The number of carbonyl (C=O) groups is 1. The van der Waals surface area contributed by atoms with Crippen molar-refractivity contribution in [1.29, 1.82) is 0 Å². The number of rotatable bonds is 7. The highest BCUT2D eigenvalue weighted by Crippen LogP contribution is 2.37. The van der Waals surface area contributed by atoms with Crippen molar-refractivity contribution in [2.24, 2.45) is 4.99 Å². The van der Waals surface area contributed by atoms with E-state index in [1.54, 1.807) is 36.8 Å². The van der Waals surface area contributed by atoms with Gasteiger partial charge in [0, 0.05) is 5.69 Å². The number of allylic oxidation sites excluding steroid dienone is 1. The molecule has 0 saturated carbocycles. The van der Waals surface area contributed by atoms with Crippen molar-refractivity contribution in [2.75, 3.05) is 12.4 Å². The van der Waals surface area contributed by atoms with Crippen LogP contribution in [0.5, 0.6) is 11.5 Å². The fourth-order valence-corrected chi connectivity index (χ4v) is 6.03. The minimum atomic E-state index is -0.655. The molecule has 1 N–H and O–H groups in total. The van der Waals surface area contributed by atoms with Crippen LogP contribution < -0.4 is 29.7 Å². The van der Waals surface area contributed by atoms with Gasteiger partial charge in [0.1, 0.15) is 0 Å². The number of aryl methyl sites for hydroxylation is 1. The van der Waals surface area contributed by atoms with Gasteiger partial charge in [-0.25, -0.2) is 4.99 Å². The number of fused-ring (bicyclic) bond motifs is 1. The Morgan fingerprint density at radius 2 is 1.80 bits per heavy atom. The molecule has 0 bridgehead atoms. The zero-order valence-corrected chi connectivity index (χ0v) is 25.0. The summed E-state index contributed by atoms with van der Waals surface area (Å²) < 4.78 is 13.4. The third-order valence-corrected chi connectivity index (χ3v) is 7.86. The SMILES string of the molecule is COc1cc(/C=c2\sc3n(c2=O)[C@@H](c2ccc(C)cc2)C(C(=O)Nc2ccccc2)=C(C)N=3)cc(Cl)c1OC(C)C. The van der Waals surface area contributed by atoms with Crippen molar-refractivity contribution in [3.05, 3.63) is 119 Å². The first kappa shape index (κ1) is 28.4. The Labute approximate surface area is 247 Å². The first-order valence-electron chi connectivity index (χ1n) is 13.2. The van der Waals surface area contributed by atoms with Crippen LogP contribution in [0.4, 0.5) is 5.69 Å². The summed E-state index contributed by atoms with van der Waals surface area (Å²) in [5, 5.41) is 3.35. The molecule has 41 heavy (non-hydrogen) atoms. The zero-order valence-electron chi connectivity index (χ0n) is 23.4. The number of aromatic nitrogens is 1. The second kappa shape index (κ2) is 11.8. The Morgan fingerprint density at radius 3 is 2.46 bits per heavy atom. The number of anilines is 1. The average Bonchev–Trinajstić information content (AvgIpc) is 3.24. The zero-order chi connectivity index (χ0) is 29.3. The Balaban J connectivity index is 1.65. The lowest BCUT2D eigenvalue weighted by molar-refractivity contribution is -0.113. The molecule has 1 amide bonds. The molecular formula is C32H30ClN3O4S. The summed E-state index contributed by atoms with van der Waals surface area (Å²) in [6.07, 6.45) is 1.67. The number of ether oxygens (including phenoxy) is 2. The second-order valence-corrected chi connectivity index (χ2v) is 11.4. The molecule has 3 aromatic carbocycles. The Hall–Kier alpha value is -4.14. The monoisotopic (exact) mass is 587 g/mol. The molecule has 0 fully saturated rings. The predicted molar refractivity (Wildman–Crippen MR) is 164 cm³/mol. The van der Waals surface area contributed by atoms with Crippen LogP contribution in [-0.4, -0.2) is 23.7 Å². The van der Waals surface area contributed by atoms with Gasteiger partial charge in [-0.15, -0.1) is 0 Å². The Kier molecular flexibility index (Phi) is 8.15. The molecule has 2 heterocycles. The fraction of sp³-hybridized carbons (Fsp3) is 0.219. The van der Waals surface area contributed by atoms with E-state index in [9.17, 15) is 9.59 Å². The molecule has 1 aliphatic heterocycles. The standard InChI is InChI=1S/C32H30ClN3O4S/c1-18(2)40-29-24(33)15-21(16-25(29)39-5)17-26-31(38)36-28(22-13-11-19(3)12-14-22)27(20(4)34-32(36)41-26)30(37)35-23-9-7-6-8-10-23/h6-18,28H,1-5H3,(H,35,37)/b26-17-/t28-/m0/s1. The quantitative estimate of drug-likeness (QED) is 0.304. The molecule has 210 valence electrons. The molecule has 1 aromatic heterocycles. The number of hydrogen-bond donors (Lipinski definition) is 1. The Morgan fingerprint density at radius 1 is 1.10 bits per heavy atom. The molecule has 0 radical (unpaired) electrons. The molecule has 9 heteroatoms. The molecule has 0 spiro atoms. The van der Waals surface area contributed by atoms with E-state index in [0.29, 0.717) is 48.4 Å². The van der Waals surface area contributed by atoms with Crippen molar-refractivity contribution in [3.63, 3.8) is 0 Å². The number of para-hydroxylation sites is 1. The number of methoxy groups -OCH3 is 1. The number of hydrogen-bond acceptors (Lipinski definition) is 6. The van der Waals surface area contributed by atoms with E-state index in [4.69, 9.17) is 26.1 Å². The average molecular weight is 588 g/mol. The van der Waals surface area contributed by atoms with E-state index in [2.05, 4.69) is 5.32 Å². The number of benzene rings is 3. The minimum Gasteiger partial charge on any atom is -0.493 e. The highest BCUT2D eigenvalue weighted by Gasteiger charge is 2.32. The molecule has 1 atom stereocenters. The molecule has 0 unspecified atom stereocenters. The van der Waals surface area contributed by atoms with Gasteiger partial charge in [0.2, 0.25) is 0 Å². The molecule has 4 aromatic rings. The number of thiazole rings is 1. The largest absolute Gasteiger partial charge is 0.493 e. The van der Waals surface area contributed by atoms with E-state index in [-0.39, 0.29) is 17.6 Å². The van der Waals surface area contributed by atoms with E-state index in [1.165, 1.54) is 11.3 Å². The first-order chi connectivity index (χ1) is 19.7. The normalized spacial score (nSPS) is 15.0. The van der Waals surface area contributed by atoms with E-state index in [0.717, 1.165) is 11.1 Å². The van der Waals surface area contributed by atoms with Crippen molar-refractivity contribution in [2.45, 2.75) is 39.8 Å². The lowest BCUT2D eigenvalue weighted by atomic mass is 9.94. The minimum absolute atomic E-state index is 0.0887. The smallest absolute Gasteiger partial charge is 0.271 e. The van der Waals surface area contributed by atoms with Gasteiger partial charge in [-0.3, -0.25) is 14.2 Å². The van der Waals surface area contributed by atoms with Crippen LogP contribution >= 0.6 is 22.9 Å². The third-order valence-electron chi connectivity index (χ3n) is 6.59. The van der Waals surface area contributed by atoms with Crippen molar-refractivity contribution in [3.8, 4) is 11.5 Å². The van der Waals surface area contributed by atoms with Crippen LogP contribution in [0.25, 0.3) is 6.08 Å². The van der Waals surface area contributed by atoms with Crippen LogP contribution in [0.2, 0.25) is 5.02 Å². The molecule has 5 rings (SSSR count). The van der Waals surface area contributed by atoms with Crippen LogP contribution in [0.3, 0.4) is 0 Å². The number of halogens is 1. The fourth-order valence-electron chi connectivity index (χ4n) is 4.72. The van der Waals surface area contributed by atoms with E-state index >= 15 is 0 Å². The summed E-state index contributed by atoms with van der Waals surface area (Å²) in [5.41, 5.74) is 3.94. The van der Waals surface area contributed by atoms with Gasteiger partial charge in [-0.1, -0.05) is 71.0 Å². The highest BCUT2D eigenvalue weighted by atomic mass is 35.5. The molecule has 7 nitrogen and oxygen atoms in total. The van der Waals surface area contributed by atoms with Gasteiger partial charge in [-0.2, -0.15) is 0 Å². The second-order valence-electron chi connectivity index (χ2n) is 10.0. The van der Waals surface area contributed by atoms with Gasteiger partial charge in [-0.05, 0) is 69.2 Å². The Bertz CT molecular complexity index is 1820. The lowest BCUT2D eigenvalue weighted by Gasteiger charge is -2.25. The van der Waals surface area contributed by atoms with Gasteiger partial charge in [0.05, 0.1) is 40.1 Å². The topological polar surface area (TPSA) is 81.9 Å². The van der Waals surface area contributed by atoms with Crippen LogP contribution in [0, 0.1) is 6.92 Å². The summed E-state index contributed by atoms with van der Waals surface area (Å²) >= 11 is 7.81. The first-order valence-corrected chi connectivity index (χ1v) is 14.4. The number of nitrogens with zero attached hydrogens (tertiary/aromatic N) is 2. The summed E-state index contributed by atoms with van der Waals surface area (Å²) in [4.78, 5) is 32.9. The third kappa shape index (κ3) is 5.85. The maximum absolute atomic E-state index is 14.0. The van der Waals surface area contributed by atoms with Gasteiger partial charge >= 0.3 is 0 Å². The predicted octanol–water partition coefficient (Wildman–Crippen LogP) is 5.63. The lowest BCUT2D eigenvalue weighted by Crippen LogP contribution is -2.40. The van der Waals surface area contributed by atoms with Crippen molar-refractivity contribution in [1.82, 2.24) is 4.57 Å². The number of nitrogens with one attached hydrogen (secondary N) is 1. The molecule has 0 saturated heterocycles. The van der Waals surface area contributed by atoms with Crippen molar-refractivity contribution < 1.29 is 14.3 Å². The summed E-state index contributed by atoms with van der Waals surface area (Å²) in [6, 6.07) is 19.9. The van der Waals surface area contributed by atoms with Crippen molar-refractivity contribution >= 4 is 40.6 Å². The van der Waals surface area contributed by atoms with Gasteiger partial charge in [0.25, 0.3) is 11.5 Å². The molecule has 0 aliphatic carbocycles. The van der Waals surface area contributed by atoms with E-state index in [1.807, 2.05) is 75.4 Å². The summed E-state index contributed by atoms with van der Waals surface area (Å²) in [5.74, 6) is 0.611. The number of amides is 1. The van der Waals surface area contributed by atoms with Gasteiger partial charge < -0.3 is 14.8 Å². The summed E-state index contributed by atoms with van der Waals surface area (Å²) in [7, 11) is 1.54. The van der Waals surface area contributed by atoms with Crippen LogP contribution in [0.1, 0.15) is 43.5 Å². The maximum atomic E-state index is 14.0. The maximum Gasteiger partial charge on any atom is 0.271 e. The molecular weight excluding hydrogens is 558 g/mol. The van der Waals surface area contributed by atoms with Crippen LogP contribution in [0.15, 0.2) is 87.8 Å². The summed E-state index contributed by atoms with van der Waals surface area (Å²) in [6.45, 7) is 7.61. The highest BCUT2D eigenvalue weighted by molar-refractivity contribution is 7.07.